The van der Waals surface area contributed by atoms with Crippen molar-refractivity contribution in [3.8, 4) is 0 Å². The molecule has 0 atom stereocenters. The molecule has 1 heterocycles. The molecule has 0 aliphatic heterocycles. The lowest BCUT2D eigenvalue weighted by atomic mass is 10.0. The summed E-state index contributed by atoms with van der Waals surface area (Å²) >= 11 is 0. The smallest absolute Gasteiger partial charge is 0.265 e. The number of nitrogens with two attached hydrogens (primary N) is 1. The summed E-state index contributed by atoms with van der Waals surface area (Å²) in [7, 11) is 3.75. The molecule has 0 amide bonds. The Morgan fingerprint density at radius 1 is 1.24 bits per heavy atom. The predicted octanol–water partition coefficient (Wildman–Crippen LogP) is 1.19. The molecule has 1 aromatic carbocycles. The highest BCUT2D eigenvalue weighted by Gasteiger charge is 2.10. The summed E-state index contributed by atoms with van der Waals surface area (Å²) in [6.45, 7) is 0.519. The van der Waals surface area contributed by atoms with Gasteiger partial charge in [0.25, 0.3) is 5.95 Å². The van der Waals surface area contributed by atoms with Gasteiger partial charge in [0.2, 0.25) is 5.89 Å². The minimum Gasteiger partial charge on any atom is -0.344 e. The Labute approximate surface area is 100 Å². The third-order valence-electron chi connectivity index (χ3n) is 2.54. The van der Waals surface area contributed by atoms with E-state index < -0.39 is 0 Å². The number of anilines is 1. The molecule has 1 aromatic heterocycles. The number of nitrogens with zero attached hydrogens (tertiary/aromatic N) is 3. The Hall–Kier alpha value is -1.88. The van der Waals surface area contributed by atoms with E-state index in [0.29, 0.717) is 24.8 Å². The molecule has 2 aromatic rings. The van der Waals surface area contributed by atoms with Crippen LogP contribution in [0.5, 0.6) is 0 Å². The van der Waals surface area contributed by atoms with Crippen molar-refractivity contribution in [2.75, 3.05) is 19.0 Å². The molecule has 5 heteroatoms. The Bertz CT molecular complexity index is 493. The van der Waals surface area contributed by atoms with Gasteiger partial charge in [-0.25, -0.2) is 0 Å². The third-order valence-corrected chi connectivity index (χ3v) is 2.54. The van der Waals surface area contributed by atoms with Crippen molar-refractivity contribution in [2.24, 2.45) is 5.73 Å². The van der Waals surface area contributed by atoms with E-state index in [1.807, 2.05) is 43.3 Å². The van der Waals surface area contributed by atoms with E-state index in [2.05, 4.69) is 10.1 Å². The summed E-state index contributed by atoms with van der Waals surface area (Å²) in [5.41, 5.74) is 7.92. The van der Waals surface area contributed by atoms with Gasteiger partial charge < -0.3 is 15.2 Å². The lowest BCUT2D eigenvalue weighted by Crippen LogP contribution is -2.10. The highest BCUT2D eigenvalue weighted by molar-refractivity contribution is 5.30. The first kappa shape index (κ1) is 11.6. The first-order chi connectivity index (χ1) is 8.20. The van der Waals surface area contributed by atoms with Crippen LogP contribution in [0.1, 0.15) is 17.0 Å². The lowest BCUT2D eigenvalue weighted by molar-refractivity contribution is 0.384. The zero-order valence-corrected chi connectivity index (χ0v) is 10.1. The van der Waals surface area contributed by atoms with Crippen molar-refractivity contribution >= 4 is 5.95 Å². The average molecular weight is 232 g/mol. The Morgan fingerprint density at radius 2 is 1.94 bits per heavy atom. The summed E-state index contributed by atoms with van der Waals surface area (Å²) in [4.78, 5) is 6.10. The minimum absolute atomic E-state index is 0.519. The Balaban J connectivity index is 2.19. The van der Waals surface area contributed by atoms with Gasteiger partial charge in [-0.15, -0.1) is 0 Å². The van der Waals surface area contributed by atoms with E-state index >= 15 is 0 Å². The van der Waals surface area contributed by atoms with E-state index in [4.69, 9.17) is 10.3 Å². The molecule has 0 spiro atoms. The second kappa shape index (κ2) is 4.97. The molecular weight excluding hydrogens is 216 g/mol. The number of rotatable bonds is 4. The molecule has 0 saturated heterocycles. The monoisotopic (exact) mass is 232 g/mol. The van der Waals surface area contributed by atoms with Crippen LogP contribution < -0.4 is 10.6 Å². The second-order valence-electron chi connectivity index (χ2n) is 4.03. The summed E-state index contributed by atoms with van der Waals surface area (Å²) < 4.78 is 5.19. The van der Waals surface area contributed by atoms with Gasteiger partial charge in [0.15, 0.2) is 0 Å². The van der Waals surface area contributed by atoms with Crippen LogP contribution in [0.2, 0.25) is 0 Å². The maximum Gasteiger partial charge on any atom is 0.265 e. The summed E-state index contributed by atoms with van der Waals surface area (Å²) in [5, 5.41) is 3.88. The first-order valence-corrected chi connectivity index (χ1v) is 5.47. The van der Waals surface area contributed by atoms with Crippen molar-refractivity contribution in [1.82, 2.24) is 10.1 Å². The Morgan fingerprint density at radius 3 is 2.53 bits per heavy atom. The van der Waals surface area contributed by atoms with Crippen LogP contribution in [0.4, 0.5) is 5.95 Å². The van der Waals surface area contributed by atoms with E-state index in [1.165, 1.54) is 0 Å². The number of aromatic nitrogens is 2. The van der Waals surface area contributed by atoms with Crippen LogP contribution in [0.3, 0.4) is 0 Å². The normalized spacial score (nSPS) is 10.5. The standard InChI is InChI=1S/C12H16N4O/c1-16(2)12-14-11(17-15-12)7-9-5-3-4-6-10(9)8-13/h3-6H,7-8,13H2,1-2H3. The highest BCUT2D eigenvalue weighted by atomic mass is 16.5. The second-order valence-corrected chi connectivity index (χ2v) is 4.03. The first-order valence-electron chi connectivity index (χ1n) is 5.47. The maximum atomic E-state index is 5.68. The van der Waals surface area contributed by atoms with Gasteiger partial charge in [0.1, 0.15) is 0 Å². The number of hydrogen-bond acceptors (Lipinski definition) is 5. The van der Waals surface area contributed by atoms with Crippen molar-refractivity contribution in [3.63, 3.8) is 0 Å². The van der Waals surface area contributed by atoms with Crippen LogP contribution in [-0.4, -0.2) is 24.2 Å². The van der Waals surface area contributed by atoms with Crippen LogP contribution in [0.15, 0.2) is 28.8 Å². The highest BCUT2D eigenvalue weighted by Crippen LogP contribution is 2.14. The fourth-order valence-electron chi connectivity index (χ4n) is 1.59. The van der Waals surface area contributed by atoms with Crippen molar-refractivity contribution in [3.05, 3.63) is 41.3 Å². The minimum atomic E-state index is 0.519. The van der Waals surface area contributed by atoms with Crippen LogP contribution >= 0.6 is 0 Å². The summed E-state index contributed by atoms with van der Waals surface area (Å²) in [5.74, 6) is 1.19. The summed E-state index contributed by atoms with van der Waals surface area (Å²) in [6.07, 6.45) is 0.619. The molecule has 2 N–H and O–H groups in total. The van der Waals surface area contributed by atoms with Crippen LogP contribution in [-0.2, 0) is 13.0 Å². The van der Waals surface area contributed by atoms with Crippen LogP contribution in [0, 0.1) is 0 Å². The van der Waals surface area contributed by atoms with Crippen LogP contribution in [0.25, 0.3) is 0 Å². The van der Waals surface area contributed by atoms with E-state index in [-0.39, 0.29) is 0 Å². The fraction of sp³-hybridized carbons (Fsp3) is 0.333. The molecule has 0 unspecified atom stereocenters. The lowest BCUT2D eigenvalue weighted by Gasteiger charge is -2.04. The van der Waals surface area contributed by atoms with Crippen molar-refractivity contribution < 1.29 is 4.52 Å². The molecule has 0 aliphatic rings. The van der Waals surface area contributed by atoms with Gasteiger partial charge in [-0.1, -0.05) is 24.3 Å². The molecule has 2 rings (SSSR count). The van der Waals surface area contributed by atoms with Gasteiger partial charge in [-0.3, -0.25) is 0 Å². The third kappa shape index (κ3) is 2.62. The zero-order chi connectivity index (χ0) is 12.3. The number of hydrogen-bond donors (Lipinski definition) is 1. The molecule has 17 heavy (non-hydrogen) atoms. The SMILES string of the molecule is CN(C)c1noc(Cc2ccccc2CN)n1. The summed E-state index contributed by atoms with van der Waals surface area (Å²) in [6, 6.07) is 8.00. The Kier molecular flexibility index (Phi) is 3.39. The van der Waals surface area contributed by atoms with Gasteiger partial charge in [-0.2, -0.15) is 4.98 Å². The van der Waals surface area contributed by atoms with Gasteiger partial charge in [0, 0.05) is 20.6 Å². The predicted molar refractivity (Wildman–Crippen MR) is 65.8 cm³/mol. The molecule has 5 nitrogen and oxygen atoms in total. The van der Waals surface area contributed by atoms with E-state index in [9.17, 15) is 0 Å². The van der Waals surface area contributed by atoms with Gasteiger partial charge >= 0.3 is 0 Å². The molecule has 0 bridgehead atoms. The molecule has 0 saturated carbocycles. The quantitative estimate of drug-likeness (QED) is 0.857. The average Bonchev–Trinajstić information content (AvgIpc) is 2.78. The fourth-order valence-corrected chi connectivity index (χ4v) is 1.59. The van der Waals surface area contributed by atoms with E-state index in [0.717, 1.165) is 11.1 Å². The van der Waals surface area contributed by atoms with Gasteiger partial charge in [0.05, 0.1) is 6.42 Å². The zero-order valence-electron chi connectivity index (χ0n) is 10.1. The van der Waals surface area contributed by atoms with Crippen molar-refractivity contribution in [2.45, 2.75) is 13.0 Å². The molecule has 0 radical (unpaired) electrons. The molecular formula is C12H16N4O. The largest absolute Gasteiger partial charge is 0.344 e. The molecule has 0 fully saturated rings. The van der Waals surface area contributed by atoms with E-state index in [1.54, 1.807) is 0 Å². The molecule has 0 aliphatic carbocycles. The maximum absolute atomic E-state index is 5.68. The van der Waals surface area contributed by atoms with Gasteiger partial charge in [-0.05, 0) is 16.3 Å². The molecule has 90 valence electrons. The topological polar surface area (TPSA) is 68.2 Å². The number of benzene rings is 1. The van der Waals surface area contributed by atoms with Crippen molar-refractivity contribution in [1.29, 1.82) is 0 Å².